The number of hydrogen-bond donors (Lipinski definition) is 1. The number of fused-ring (bicyclic) bond motifs is 1. The Labute approximate surface area is 128 Å². The molecule has 0 N–H and O–H groups in total. The molecule has 0 aliphatic heterocycles. The van der Waals surface area contributed by atoms with Gasteiger partial charge in [0.2, 0.25) is 4.93 Å². The molecule has 0 bridgehead atoms. The van der Waals surface area contributed by atoms with E-state index >= 15 is 0 Å². The molecule has 1 aromatic carbocycles. The maximum atomic E-state index is 14.0. The number of thiol groups is 1. The summed E-state index contributed by atoms with van der Waals surface area (Å²) in [5.74, 6) is -1.44. The molecule has 2 aromatic rings. The minimum absolute atomic E-state index is 0.0969. The zero-order valence-corrected chi connectivity index (χ0v) is 13.2. The van der Waals surface area contributed by atoms with E-state index in [-0.39, 0.29) is 5.75 Å². The Balaban J connectivity index is 2.44. The lowest BCUT2D eigenvalue weighted by Gasteiger charge is -2.22. The van der Waals surface area contributed by atoms with Crippen LogP contribution in [-0.2, 0) is 9.53 Å². The van der Waals surface area contributed by atoms with E-state index < -0.39 is 16.7 Å². The van der Waals surface area contributed by atoms with Gasteiger partial charge >= 0.3 is 5.97 Å². The minimum atomic E-state index is -1.58. The topological polar surface area (TPSA) is 48.4 Å². The fourth-order valence-corrected chi connectivity index (χ4v) is 2.17. The number of aromatic nitrogens is 1. The number of carbonyl (C=O) groups is 1. The lowest BCUT2D eigenvalue weighted by Crippen LogP contribution is -2.36. The second-order valence-electron chi connectivity index (χ2n) is 4.21. The van der Waals surface area contributed by atoms with E-state index in [0.29, 0.717) is 10.9 Å². The van der Waals surface area contributed by atoms with E-state index in [4.69, 9.17) is 4.74 Å². The standard InChI is InChI=1S/C13H11BrFNO3S/c1-13(20,12(17)18-2)19-11-4-7-3-8(14)6-16-10(7)5-9(11)15/h3-6,20H,1-2H3. The van der Waals surface area contributed by atoms with Gasteiger partial charge in [0, 0.05) is 22.1 Å². The SMILES string of the molecule is COC(=O)C(C)(S)Oc1cc2cc(Br)cnc2cc1F. The van der Waals surface area contributed by atoms with Crippen molar-refractivity contribution in [2.75, 3.05) is 7.11 Å². The van der Waals surface area contributed by atoms with Crippen LogP contribution in [0, 0.1) is 5.82 Å². The third kappa shape index (κ3) is 3.04. The van der Waals surface area contributed by atoms with E-state index in [2.05, 4.69) is 38.3 Å². The molecule has 106 valence electrons. The Kier molecular flexibility index (Phi) is 4.19. The van der Waals surface area contributed by atoms with Crippen molar-refractivity contribution in [2.24, 2.45) is 0 Å². The molecule has 1 heterocycles. The summed E-state index contributed by atoms with van der Waals surface area (Å²) in [5, 5.41) is 0.671. The summed E-state index contributed by atoms with van der Waals surface area (Å²) in [5.41, 5.74) is 0.483. The van der Waals surface area contributed by atoms with Crippen LogP contribution in [0.15, 0.2) is 28.9 Å². The minimum Gasteiger partial charge on any atom is -0.465 e. The molecule has 1 aromatic heterocycles. The quantitative estimate of drug-likeness (QED) is 0.518. The fourth-order valence-electron chi connectivity index (χ4n) is 1.63. The number of esters is 1. The first-order chi connectivity index (χ1) is 9.33. The lowest BCUT2D eigenvalue weighted by molar-refractivity contribution is -0.150. The van der Waals surface area contributed by atoms with Crippen LogP contribution in [0.2, 0.25) is 0 Å². The summed E-state index contributed by atoms with van der Waals surface area (Å²) in [6.45, 7) is 1.38. The molecule has 2 rings (SSSR count). The van der Waals surface area contributed by atoms with Crippen LogP contribution in [-0.4, -0.2) is 23.0 Å². The van der Waals surface area contributed by atoms with Crippen molar-refractivity contribution in [1.82, 2.24) is 4.98 Å². The fraction of sp³-hybridized carbons (Fsp3) is 0.231. The van der Waals surface area contributed by atoms with Gasteiger partial charge in [0.25, 0.3) is 0 Å². The Bertz CT molecular complexity index is 678. The third-order valence-corrected chi connectivity index (χ3v) is 3.28. The smallest absolute Gasteiger partial charge is 0.360 e. The maximum absolute atomic E-state index is 14.0. The summed E-state index contributed by atoms with van der Waals surface area (Å²) in [6.07, 6.45) is 1.57. The Morgan fingerprint density at radius 2 is 2.15 bits per heavy atom. The number of hydrogen-bond acceptors (Lipinski definition) is 5. The third-order valence-electron chi connectivity index (χ3n) is 2.57. The average molecular weight is 360 g/mol. The van der Waals surface area contributed by atoms with E-state index in [1.165, 1.54) is 26.2 Å². The number of pyridine rings is 1. The van der Waals surface area contributed by atoms with Crippen LogP contribution in [0.3, 0.4) is 0 Å². The van der Waals surface area contributed by atoms with Crippen LogP contribution < -0.4 is 4.74 Å². The van der Waals surface area contributed by atoms with Crippen LogP contribution in [0.1, 0.15) is 6.92 Å². The summed E-state index contributed by atoms with van der Waals surface area (Å²) >= 11 is 7.33. The Hall–Kier alpha value is -1.34. The van der Waals surface area contributed by atoms with Gasteiger partial charge in [-0.3, -0.25) is 4.98 Å². The predicted octanol–water partition coefficient (Wildman–Crippen LogP) is 3.33. The van der Waals surface area contributed by atoms with Crippen molar-refractivity contribution in [2.45, 2.75) is 11.9 Å². The molecule has 0 saturated heterocycles. The first-order valence-corrected chi connectivity index (χ1v) is 6.82. The molecule has 0 saturated carbocycles. The number of rotatable bonds is 3. The van der Waals surface area contributed by atoms with E-state index in [1.54, 1.807) is 12.3 Å². The molecule has 7 heteroatoms. The first-order valence-electron chi connectivity index (χ1n) is 5.58. The number of halogens is 2. The Morgan fingerprint density at radius 3 is 2.80 bits per heavy atom. The summed E-state index contributed by atoms with van der Waals surface area (Å²) in [6, 6.07) is 4.46. The van der Waals surface area contributed by atoms with Gasteiger partial charge in [0.05, 0.1) is 12.6 Å². The van der Waals surface area contributed by atoms with Gasteiger partial charge < -0.3 is 9.47 Å². The largest absolute Gasteiger partial charge is 0.465 e. The van der Waals surface area contributed by atoms with Crippen LogP contribution in [0.25, 0.3) is 10.9 Å². The molecule has 4 nitrogen and oxygen atoms in total. The van der Waals surface area contributed by atoms with E-state index in [9.17, 15) is 9.18 Å². The van der Waals surface area contributed by atoms with Crippen LogP contribution in [0.5, 0.6) is 5.75 Å². The normalized spacial score (nSPS) is 13.8. The van der Waals surface area contributed by atoms with Crippen molar-refractivity contribution < 1.29 is 18.7 Å². The van der Waals surface area contributed by atoms with Crippen molar-refractivity contribution in [3.63, 3.8) is 0 Å². The average Bonchev–Trinajstić information content (AvgIpc) is 2.38. The highest BCUT2D eigenvalue weighted by Gasteiger charge is 2.33. The summed E-state index contributed by atoms with van der Waals surface area (Å²) < 4.78 is 24.6. The molecular weight excluding hydrogens is 349 g/mol. The number of nitrogens with zero attached hydrogens (tertiary/aromatic N) is 1. The molecule has 20 heavy (non-hydrogen) atoms. The molecule has 1 unspecified atom stereocenters. The number of carbonyl (C=O) groups excluding carboxylic acids is 1. The first kappa shape index (κ1) is 15.1. The zero-order chi connectivity index (χ0) is 14.9. The molecule has 0 amide bonds. The van der Waals surface area contributed by atoms with Gasteiger partial charge in [-0.15, -0.1) is 12.6 Å². The van der Waals surface area contributed by atoms with E-state index in [1.807, 2.05) is 0 Å². The van der Waals surface area contributed by atoms with Crippen molar-refractivity contribution in [1.29, 1.82) is 0 Å². The van der Waals surface area contributed by atoms with Crippen molar-refractivity contribution in [3.8, 4) is 5.75 Å². The second kappa shape index (κ2) is 5.57. The van der Waals surface area contributed by atoms with E-state index in [0.717, 1.165) is 4.47 Å². The summed E-state index contributed by atoms with van der Waals surface area (Å²) in [7, 11) is 1.21. The van der Waals surface area contributed by atoms with Crippen LogP contribution >= 0.6 is 28.6 Å². The highest BCUT2D eigenvalue weighted by Crippen LogP contribution is 2.30. The van der Waals surface area contributed by atoms with Crippen molar-refractivity contribution in [3.05, 3.63) is 34.7 Å². The molecule has 0 spiro atoms. The second-order valence-corrected chi connectivity index (χ2v) is 5.97. The number of ether oxygens (including phenoxy) is 2. The Morgan fingerprint density at radius 1 is 1.45 bits per heavy atom. The molecular formula is C13H11BrFNO3S. The van der Waals surface area contributed by atoms with Gasteiger partial charge in [-0.1, -0.05) is 0 Å². The van der Waals surface area contributed by atoms with Gasteiger partial charge in [0.1, 0.15) is 0 Å². The van der Waals surface area contributed by atoms with Gasteiger partial charge in [-0.25, -0.2) is 9.18 Å². The van der Waals surface area contributed by atoms with Gasteiger partial charge in [0.15, 0.2) is 11.6 Å². The maximum Gasteiger partial charge on any atom is 0.360 e. The predicted molar refractivity (Wildman–Crippen MR) is 79.4 cm³/mol. The monoisotopic (exact) mass is 359 g/mol. The zero-order valence-electron chi connectivity index (χ0n) is 10.7. The number of methoxy groups -OCH3 is 1. The molecule has 0 fully saturated rings. The van der Waals surface area contributed by atoms with Gasteiger partial charge in [-0.2, -0.15) is 0 Å². The highest BCUT2D eigenvalue weighted by molar-refractivity contribution is 9.10. The molecule has 0 aliphatic rings. The molecule has 1 atom stereocenters. The van der Waals surface area contributed by atoms with Crippen LogP contribution in [0.4, 0.5) is 4.39 Å². The van der Waals surface area contributed by atoms with Crippen molar-refractivity contribution >= 4 is 45.4 Å². The lowest BCUT2D eigenvalue weighted by atomic mass is 10.2. The summed E-state index contributed by atoms with van der Waals surface area (Å²) in [4.78, 5) is 14.0. The highest BCUT2D eigenvalue weighted by atomic mass is 79.9. The number of benzene rings is 1. The molecule has 0 aliphatic carbocycles. The van der Waals surface area contributed by atoms with Gasteiger partial charge in [-0.05, 0) is 35.0 Å². The molecule has 0 radical (unpaired) electrons.